The van der Waals surface area contributed by atoms with Crippen LogP contribution in [0.2, 0.25) is 0 Å². The van der Waals surface area contributed by atoms with Crippen molar-refractivity contribution in [3.8, 4) is 0 Å². The molecule has 1 aliphatic carbocycles. The molecule has 0 bridgehead atoms. The molecule has 2 atom stereocenters. The van der Waals surface area contributed by atoms with Crippen LogP contribution < -0.4 is 5.32 Å². The normalized spacial score (nSPS) is 32.2. The van der Waals surface area contributed by atoms with Crippen molar-refractivity contribution in [1.82, 2.24) is 10.2 Å². The van der Waals surface area contributed by atoms with Crippen molar-refractivity contribution >= 4 is 0 Å². The monoisotopic (exact) mass is 256 g/mol. The fourth-order valence-corrected chi connectivity index (χ4v) is 3.09. The van der Waals surface area contributed by atoms with E-state index in [0.29, 0.717) is 12.1 Å². The molecule has 2 rings (SSSR count). The molecule has 2 aliphatic rings. The average Bonchev–Trinajstić information content (AvgIpc) is 3.16. The molecule has 0 aromatic rings. The topological polar surface area (TPSA) is 33.7 Å². The van der Waals surface area contributed by atoms with Gasteiger partial charge in [0.05, 0.1) is 12.7 Å². The van der Waals surface area contributed by atoms with Gasteiger partial charge in [0.25, 0.3) is 0 Å². The number of methoxy groups -OCH3 is 2. The number of ether oxygens (including phenoxy) is 2. The van der Waals surface area contributed by atoms with Gasteiger partial charge >= 0.3 is 0 Å². The number of rotatable bonds is 6. The van der Waals surface area contributed by atoms with E-state index in [1.54, 1.807) is 14.2 Å². The van der Waals surface area contributed by atoms with Gasteiger partial charge < -0.3 is 14.8 Å². The molecule has 4 heteroatoms. The van der Waals surface area contributed by atoms with E-state index in [9.17, 15) is 0 Å². The molecule has 2 fully saturated rings. The molecule has 0 amide bonds. The van der Waals surface area contributed by atoms with Gasteiger partial charge in [0.15, 0.2) is 0 Å². The summed E-state index contributed by atoms with van der Waals surface area (Å²) >= 11 is 0. The molecule has 1 saturated heterocycles. The van der Waals surface area contributed by atoms with Crippen molar-refractivity contribution in [1.29, 1.82) is 0 Å². The number of nitrogens with zero attached hydrogens (tertiary/aromatic N) is 1. The predicted molar refractivity (Wildman–Crippen MR) is 72.9 cm³/mol. The lowest BCUT2D eigenvalue weighted by Gasteiger charge is -2.35. The summed E-state index contributed by atoms with van der Waals surface area (Å²) in [6.07, 6.45) is 4.20. The zero-order chi connectivity index (χ0) is 13.0. The van der Waals surface area contributed by atoms with Crippen molar-refractivity contribution in [2.75, 3.05) is 47.0 Å². The molecule has 0 radical (unpaired) electrons. The number of hydrogen-bond donors (Lipinski definition) is 1. The highest BCUT2D eigenvalue weighted by atomic mass is 16.5. The van der Waals surface area contributed by atoms with Crippen LogP contribution in [0.4, 0.5) is 0 Å². The van der Waals surface area contributed by atoms with Gasteiger partial charge in [-0.1, -0.05) is 0 Å². The van der Waals surface area contributed by atoms with Crippen molar-refractivity contribution in [2.24, 2.45) is 5.92 Å². The molecule has 18 heavy (non-hydrogen) atoms. The molecule has 2 unspecified atom stereocenters. The standard InChI is InChI=1S/C14H28N2O2/c1-14(12-5-6-12)11-16(8-4-7-15-14)9-13(18-3)10-17-2/h12-13,15H,4-11H2,1-3H3. The molecule has 1 heterocycles. The first kappa shape index (κ1) is 14.3. The maximum atomic E-state index is 5.49. The second-order valence-corrected chi connectivity index (χ2v) is 6.02. The van der Waals surface area contributed by atoms with Gasteiger partial charge in [-0.25, -0.2) is 0 Å². The Balaban J connectivity index is 1.90. The van der Waals surface area contributed by atoms with Crippen LogP contribution in [0.25, 0.3) is 0 Å². The summed E-state index contributed by atoms with van der Waals surface area (Å²) in [6.45, 7) is 7.50. The maximum Gasteiger partial charge on any atom is 0.0931 e. The van der Waals surface area contributed by atoms with Gasteiger partial charge in [-0.3, -0.25) is 4.90 Å². The molecule has 1 N–H and O–H groups in total. The molecule has 1 saturated carbocycles. The van der Waals surface area contributed by atoms with E-state index >= 15 is 0 Å². The zero-order valence-corrected chi connectivity index (χ0v) is 12.1. The van der Waals surface area contributed by atoms with Crippen LogP contribution >= 0.6 is 0 Å². The Hall–Kier alpha value is -0.160. The fourth-order valence-electron chi connectivity index (χ4n) is 3.09. The molecule has 106 valence electrons. The fraction of sp³-hybridized carbons (Fsp3) is 1.00. The highest BCUT2D eigenvalue weighted by Crippen LogP contribution is 2.40. The summed E-state index contributed by atoms with van der Waals surface area (Å²) in [7, 11) is 3.52. The van der Waals surface area contributed by atoms with Crippen LogP contribution in [0.3, 0.4) is 0 Å². The lowest BCUT2D eigenvalue weighted by Crippen LogP contribution is -2.52. The molecular formula is C14H28N2O2. The summed E-state index contributed by atoms with van der Waals surface area (Å²) in [5, 5.41) is 3.76. The zero-order valence-electron chi connectivity index (χ0n) is 12.1. The van der Waals surface area contributed by atoms with Gasteiger partial charge in [-0.05, 0) is 45.2 Å². The molecule has 0 spiro atoms. The van der Waals surface area contributed by atoms with E-state index in [0.717, 1.165) is 25.6 Å². The van der Waals surface area contributed by atoms with Crippen molar-refractivity contribution in [3.05, 3.63) is 0 Å². The SMILES string of the molecule is COCC(CN1CCCNC(C)(C2CC2)C1)OC. The molecular weight excluding hydrogens is 228 g/mol. The first-order valence-electron chi connectivity index (χ1n) is 7.17. The summed E-state index contributed by atoms with van der Waals surface area (Å²) in [5.41, 5.74) is 0.307. The van der Waals surface area contributed by atoms with Gasteiger partial charge in [0, 0.05) is 32.8 Å². The van der Waals surface area contributed by atoms with E-state index in [-0.39, 0.29) is 6.10 Å². The minimum Gasteiger partial charge on any atom is -0.382 e. The Labute approximate surface area is 111 Å². The van der Waals surface area contributed by atoms with Gasteiger partial charge in [-0.15, -0.1) is 0 Å². The van der Waals surface area contributed by atoms with Crippen LogP contribution in [0.15, 0.2) is 0 Å². The second kappa shape index (κ2) is 6.33. The van der Waals surface area contributed by atoms with E-state index in [4.69, 9.17) is 9.47 Å². The van der Waals surface area contributed by atoms with Crippen LogP contribution in [-0.2, 0) is 9.47 Å². The Morgan fingerprint density at radius 1 is 1.39 bits per heavy atom. The highest BCUT2D eigenvalue weighted by molar-refractivity contribution is 5.01. The second-order valence-electron chi connectivity index (χ2n) is 6.02. The third kappa shape index (κ3) is 3.67. The third-order valence-electron chi connectivity index (χ3n) is 4.36. The molecule has 1 aliphatic heterocycles. The molecule has 0 aromatic carbocycles. The van der Waals surface area contributed by atoms with Gasteiger partial charge in [0.1, 0.15) is 0 Å². The summed E-state index contributed by atoms with van der Waals surface area (Å²) < 4.78 is 10.7. The van der Waals surface area contributed by atoms with E-state index < -0.39 is 0 Å². The average molecular weight is 256 g/mol. The lowest BCUT2D eigenvalue weighted by atomic mass is 9.95. The maximum absolute atomic E-state index is 5.49. The minimum absolute atomic E-state index is 0.191. The van der Waals surface area contributed by atoms with Crippen molar-refractivity contribution in [2.45, 2.75) is 37.8 Å². The molecule has 0 aromatic heterocycles. The predicted octanol–water partition coefficient (Wildman–Crippen LogP) is 1.11. The van der Waals surface area contributed by atoms with Crippen LogP contribution in [0, 0.1) is 5.92 Å². The Kier molecular flexibility index (Phi) is 5.01. The summed E-state index contributed by atoms with van der Waals surface area (Å²) in [6, 6.07) is 0. The largest absolute Gasteiger partial charge is 0.382 e. The third-order valence-corrected chi connectivity index (χ3v) is 4.36. The highest BCUT2D eigenvalue weighted by Gasteiger charge is 2.43. The Bertz CT molecular complexity index is 258. The van der Waals surface area contributed by atoms with Crippen LogP contribution in [0.1, 0.15) is 26.2 Å². The number of hydrogen-bond acceptors (Lipinski definition) is 4. The van der Waals surface area contributed by atoms with Gasteiger partial charge in [0.2, 0.25) is 0 Å². The quantitative estimate of drug-likeness (QED) is 0.772. The Morgan fingerprint density at radius 2 is 2.17 bits per heavy atom. The van der Waals surface area contributed by atoms with Crippen molar-refractivity contribution < 1.29 is 9.47 Å². The van der Waals surface area contributed by atoms with E-state index in [1.165, 1.54) is 25.8 Å². The van der Waals surface area contributed by atoms with Crippen molar-refractivity contribution in [3.63, 3.8) is 0 Å². The summed E-state index contributed by atoms with van der Waals surface area (Å²) in [5.74, 6) is 0.876. The van der Waals surface area contributed by atoms with Crippen LogP contribution in [-0.4, -0.2) is 63.5 Å². The smallest absolute Gasteiger partial charge is 0.0931 e. The first-order chi connectivity index (χ1) is 8.68. The van der Waals surface area contributed by atoms with E-state index in [1.807, 2.05) is 0 Å². The summed E-state index contributed by atoms with van der Waals surface area (Å²) in [4.78, 5) is 2.55. The number of nitrogens with one attached hydrogen (secondary N) is 1. The lowest BCUT2D eigenvalue weighted by molar-refractivity contribution is 0.00286. The first-order valence-corrected chi connectivity index (χ1v) is 7.17. The van der Waals surface area contributed by atoms with Crippen LogP contribution in [0.5, 0.6) is 0 Å². The minimum atomic E-state index is 0.191. The van der Waals surface area contributed by atoms with E-state index in [2.05, 4.69) is 17.1 Å². The molecule has 4 nitrogen and oxygen atoms in total. The Morgan fingerprint density at radius 3 is 2.78 bits per heavy atom. The van der Waals surface area contributed by atoms with Gasteiger partial charge in [-0.2, -0.15) is 0 Å².